The van der Waals surface area contributed by atoms with E-state index in [1.54, 1.807) is 4.90 Å². The summed E-state index contributed by atoms with van der Waals surface area (Å²) in [6, 6.07) is 4.09. The Bertz CT molecular complexity index is 1240. The lowest BCUT2D eigenvalue weighted by atomic mass is 10.1. The predicted octanol–water partition coefficient (Wildman–Crippen LogP) is 3.66. The van der Waals surface area contributed by atoms with E-state index >= 15 is 0 Å². The van der Waals surface area contributed by atoms with Crippen LogP contribution in [0.4, 0.5) is 23.2 Å². The third-order valence-corrected chi connectivity index (χ3v) is 7.11. The van der Waals surface area contributed by atoms with E-state index in [0.29, 0.717) is 18.5 Å². The van der Waals surface area contributed by atoms with Crippen LogP contribution in [0.3, 0.4) is 0 Å². The number of hydrogen-bond donors (Lipinski definition) is 2. The van der Waals surface area contributed by atoms with Crippen LogP contribution in [0.5, 0.6) is 5.75 Å². The van der Waals surface area contributed by atoms with Gasteiger partial charge in [0, 0.05) is 49.5 Å². The molecule has 0 bridgehead atoms. The monoisotopic (exact) mass is 551 g/mol. The Labute approximate surface area is 222 Å². The van der Waals surface area contributed by atoms with E-state index in [1.165, 1.54) is 0 Å². The van der Waals surface area contributed by atoms with Crippen LogP contribution in [0.2, 0.25) is 0 Å². The van der Waals surface area contributed by atoms with Gasteiger partial charge in [-0.15, -0.1) is 0 Å². The van der Waals surface area contributed by atoms with E-state index in [-0.39, 0.29) is 18.5 Å². The number of rotatable bonds is 12. The second-order valence-corrected chi connectivity index (χ2v) is 9.64. The van der Waals surface area contributed by atoms with E-state index in [1.807, 2.05) is 25.1 Å². The molecule has 1 fully saturated rings. The number of nitrogens with one attached hydrogen (secondary N) is 1. The Hall–Kier alpha value is -3.67. The van der Waals surface area contributed by atoms with Crippen LogP contribution in [-0.4, -0.2) is 66.0 Å². The van der Waals surface area contributed by atoms with Crippen molar-refractivity contribution in [2.75, 3.05) is 31.1 Å². The van der Waals surface area contributed by atoms with Crippen LogP contribution in [0.1, 0.15) is 48.5 Å². The average Bonchev–Trinajstić information content (AvgIpc) is 3.55. The number of carboxylic acid groups (broad SMARTS) is 1. The summed E-state index contributed by atoms with van der Waals surface area (Å²) in [7, 11) is 0. The van der Waals surface area contributed by atoms with Gasteiger partial charge in [0.25, 0.3) is 5.91 Å². The van der Waals surface area contributed by atoms with Crippen molar-refractivity contribution in [3.05, 3.63) is 58.7 Å². The first kappa shape index (κ1) is 28.3. The summed E-state index contributed by atoms with van der Waals surface area (Å²) >= 11 is 0. The molecule has 1 saturated heterocycles. The van der Waals surface area contributed by atoms with Crippen molar-refractivity contribution in [2.24, 2.45) is 0 Å². The maximum Gasteiger partial charge on any atom is 0.305 e. The standard InChI is InChI=1S/C27H29F4N3O5/c1-2-16(34-13-15-5-6-17(9-18(15)27(34)38)33-7-3-4-8-33)12-32-21(11-23(36)37)22(35)14-39-26-24(30)19(28)10-20(29)25(26)31/h5-6,9-10,16,21,32H,2-4,7-8,11-14H2,1H3,(H,36,37)/t16-,21-/m0/s1. The molecule has 2 N–H and O–H groups in total. The second kappa shape index (κ2) is 12.0. The number of benzene rings is 2. The highest BCUT2D eigenvalue weighted by atomic mass is 19.2. The molecule has 12 heteroatoms. The Kier molecular flexibility index (Phi) is 8.73. The Morgan fingerprint density at radius 2 is 1.74 bits per heavy atom. The third kappa shape index (κ3) is 6.16. The number of Topliss-reactive ketones (excluding diaryl/α,β-unsaturated/α-hetero) is 1. The molecule has 2 aliphatic rings. The Balaban J connectivity index is 1.41. The van der Waals surface area contributed by atoms with E-state index < -0.39 is 65.9 Å². The number of halogens is 4. The number of carboxylic acids is 1. The van der Waals surface area contributed by atoms with Crippen LogP contribution in [0.25, 0.3) is 0 Å². The molecule has 1 amide bonds. The smallest absolute Gasteiger partial charge is 0.305 e. The number of nitrogens with zero attached hydrogens (tertiary/aromatic N) is 2. The van der Waals surface area contributed by atoms with Crippen molar-refractivity contribution < 1.29 is 41.8 Å². The fraction of sp³-hybridized carbons (Fsp3) is 0.444. The summed E-state index contributed by atoms with van der Waals surface area (Å²) in [5, 5.41) is 12.1. The quantitative estimate of drug-likeness (QED) is 0.307. The number of ketones is 1. The van der Waals surface area contributed by atoms with E-state index in [4.69, 9.17) is 4.74 Å². The summed E-state index contributed by atoms with van der Waals surface area (Å²) in [6.45, 7) is 3.10. The first-order chi connectivity index (χ1) is 18.6. The number of anilines is 1. The van der Waals surface area contributed by atoms with Crippen LogP contribution < -0.4 is 15.0 Å². The van der Waals surface area contributed by atoms with Crippen molar-refractivity contribution in [1.29, 1.82) is 0 Å². The minimum Gasteiger partial charge on any atom is -0.481 e. The van der Waals surface area contributed by atoms with Gasteiger partial charge >= 0.3 is 5.97 Å². The number of fused-ring (bicyclic) bond motifs is 1. The van der Waals surface area contributed by atoms with Crippen molar-refractivity contribution in [2.45, 2.75) is 51.2 Å². The molecule has 2 aromatic carbocycles. The van der Waals surface area contributed by atoms with Gasteiger partial charge in [0.2, 0.25) is 11.6 Å². The molecule has 2 heterocycles. The Morgan fingerprint density at radius 1 is 1.08 bits per heavy atom. The normalized spacial score (nSPS) is 16.4. The topological polar surface area (TPSA) is 99.2 Å². The molecule has 2 aromatic rings. The van der Waals surface area contributed by atoms with E-state index in [2.05, 4.69) is 10.2 Å². The van der Waals surface area contributed by atoms with E-state index in [9.17, 15) is 37.1 Å². The van der Waals surface area contributed by atoms with Crippen molar-refractivity contribution in [3.63, 3.8) is 0 Å². The minimum atomic E-state index is -1.81. The molecule has 8 nitrogen and oxygen atoms in total. The van der Waals surface area contributed by atoms with Crippen molar-refractivity contribution >= 4 is 23.3 Å². The first-order valence-electron chi connectivity index (χ1n) is 12.7. The lowest BCUT2D eigenvalue weighted by Crippen LogP contribution is -2.48. The number of carbonyl (C=O) groups is 3. The van der Waals surface area contributed by atoms with Crippen molar-refractivity contribution in [1.82, 2.24) is 10.2 Å². The lowest BCUT2D eigenvalue weighted by molar-refractivity contribution is -0.140. The summed E-state index contributed by atoms with van der Waals surface area (Å²) in [5.41, 5.74) is 2.47. The third-order valence-electron chi connectivity index (χ3n) is 7.11. The van der Waals surface area contributed by atoms with Crippen LogP contribution in [0.15, 0.2) is 24.3 Å². The largest absolute Gasteiger partial charge is 0.481 e. The minimum absolute atomic E-state index is 0.00414. The van der Waals surface area contributed by atoms with Crippen LogP contribution >= 0.6 is 0 Å². The molecule has 4 rings (SSSR count). The zero-order valence-corrected chi connectivity index (χ0v) is 21.3. The molecule has 39 heavy (non-hydrogen) atoms. The molecule has 0 unspecified atom stereocenters. The van der Waals surface area contributed by atoms with Gasteiger partial charge < -0.3 is 25.0 Å². The summed E-state index contributed by atoms with van der Waals surface area (Å²) in [5.74, 6) is -10.8. The second-order valence-electron chi connectivity index (χ2n) is 9.64. The maximum atomic E-state index is 13.9. The molecular weight excluding hydrogens is 522 g/mol. The SMILES string of the molecule is CC[C@@H](CN[C@@H](CC(=O)O)C(=O)COc1c(F)c(F)cc(F)c1F)N1Cc2ccc(N3CCCC3)cc2C1=O. The van der Waals surface area contributed by atoms with Gasteiger partial charge in [-0.1, -0.05) is 13.0 Å². The van der Waals surface area contributed by atoms with Gasteiger partial charge in [-0.25, -0.2) is 8.78 Å². The number of amides is 1. The molecule has 0 saturated carbocycles. The highest BCUT2D eigenvalue weighted by molar-refractivity contribution is 5.99. The van der Waals surface area contributed by atoms with Gasteiger partial charge in [-0.05, 0) is 37.0 Å². The average molecular weight is 552 g/mol. The fourth-order valence-electron chi connectivity index (χ4n) is 4.93. The zero-order valence-electron chi connectivity index (χ0n) is 21.3. The number of carbonyl (C=O) groups excluding carboxylic acids is 2. The molecule has 0 aromatic heterocycles. The fourth-order valence-corrected chi connectivity index (χ4v) is 4.93. The molecule has 0 aliphatic carbocycles. The van der Waals surface area contributed by atoms with Gasteiger partial charge in [-0.2, -0.15) is 8.78 Å². The van der Waals surface area contributed by atoms with E-state index in [0.717, 1.165) is 37.2 Å². The molecular formula is C27H29F4N3O5. The molecule has 0 spiro atoms. The number of ether oxygens (including phenoxy) is 1. The van der Waals surface area contributed by atoms with Gasteiger partial charge in [-0.3, -0.25) is 14.4 Å². The van der Waals surface area contributed by atoms with Gasteiger partial charge in [0.1, 0.15) is 6.61 Å². The highest BCUT2D eigenvalue weighted by Crippen LogP contribution is 2.31. The van der Waals surface area contributed by atoms with Gasteiger partial charge in [0.05, 0.1) is 12.5 Å². The first-order valence-corrected chi connectivity index (χ1v) is 12.7. The summed E-state index contributed by atoms with van der Waals surface area (Å²) in [6.07, 6.45) is 2.01. The molecule has 210 valence electrons. The molecule has 2 atom stereocenters. The predicted molar refractivity (Wildman–Crippen MR) is 133 cm³/mol. The molecule has 0 radical (unpaired) electrons. The summed E-state index contributed by atoms with van der Waals surface area (Å²) in [4.78, 5) is 41.2. The van der Waals surface area contributed by atoms with Gasteiger partial charge in [0.15, 0.2) is 23.2 Å². The number of hydrogen-bond acceptors (Lipinski definition) is 6. The summed E-state index contributed by atoms with van der Waals surface area (Å²) < 4.78 is 59.3. The van der Waals surface area contributed by atoms with Crippen LogP contribution in [0, 0.1) is 23.3 Å². The number of aliphatic carboxylic acids is 1. The van der Waals surface area contributed by atoms with Crippen molar-refractivity contribution in [3.8, 4) is 5.75 Å². The highest BCUT2D eigenvalue weighted by Gasteiger charge is 2.34. The maximum absolute atomic E-state index is 13.9. The lowest BCUT2D eigenvalue weighted by Gasteiger charge is -2.29. The molecule has 2 aliphatic heterocycles. The van der Waals surface area contributed by atoms with Crippen LogP contribution in [-0.2, 0) is 16.1 Å². The zero-order chi connectivity index (χ0) is 28.3. The Morgan fingerprint density at radius 3 is 2.36 bits per heavy atom.